The molecule has 2 heterocycles. The third-order valence-corrected chi connectivity index (χ3v) is 8.64. The number of nitrogens with zero attached hydrogens (tertiary/aromatic N) is 1. The molecule has 0 aromatic rings. The summed E-state index contributed by atoms with van der Waals surface area (Å²) in [5.74, 6) is -1.12. The third-order valence-electron chi connectivity index (χ3n) is 8.64. The molecule has 0 aromatic heterocycles. The molecule has 0 radical (unpaired) electrons. The third kappa shape index (κ3) is 15.3. The van der Waals surface area contributed by atoms with Crippen LogP contribution >= 0.6 is 0 Å². The Morgan fingerprint density at radius 3 is 1.26 bits per heavy atom. The SMILES string of the molecule is CCCCCCCCCCCCC(=O)N(CC(=O)OC1CC(C)(C)NC(C)(C)C1)CC(=O)OC1CC(C)(C)NC(C)(C)C1. The number of nitrogens with one attached hydrogen (secondary N) is 2. The Labute approximate surface area is 263 Å². The second-order valence-corrected chi connectivity index (χ2v) is 16.0. The molecule has 2 saturated heterocycles. The molecule has 0 saturated carbocycles. The van der Waals surface area contributed by atoms with E-state index in [4.69, 9.17) is 9.47 Å². The predicted molar refractivity (Wildman–Crippen MR) is 174 cm³/mol. The van der Waals surface area contributed by atoms with Crippen molar-refractivity contribution in [1.29, 1.82) is 0 Å². The molecule has 2 fully saturated rings. The average molecular weight is 608 g/mol. The molecule has 2 aliphatic heterocycles. The van der Waals surface area contributed by atoms with Crippen LogP contribution in [0.2, 0.25) is 0 Å². The maximum Gasteiger partial charge on any atom is 0.325 e. The summed E-state index contributed by atoms with van der Waals surface area (Å²) in [6.45, 7) is 18.6. The number of ether oxygens (including phenoxy) is 2. The highest BCUT2D eigenvalue weighted by Crippen LogP contribution is 2.31. The van der Waals surface area contributed by atoms with Gasteiger partial charge in [-0.05, 0) is 61.8 Å². The van der Waals surface area contributed by atoms with Crippen molar-refractivity contribution in [3.63, 3.8) is 0 Å². The molecule has 2 rings (SSSR count). The van der Waals surface area contributed by atoms with Gasteiger partial charge in [0.05, 0.1) is 0 Å². The van der Waals surface area contributed by atoms with Gasteiger partial charge in [0.25, 0.3) is 0 Å². The molecule has 0 unspecified atom stereocenters. The first kappa shape index (κ1) is 37.5. The Hall–Kier alpha value is -1.67. The molecule has 0 aliphatic carbocycles. The molecular weight excluding hydrogens is 542 g/mol. The van der Waals surface area contributed by atoms with E-state index in [1.807, 2.05) is 0 Å². The number of hydrogen-bond acceptors (Lipinski definition) is 7. The first-order valence-corrected chi connectivity index (χ1v) is 17.2. The zero-order valence-electron chi connectivity index (χ0n) is 29.2. The standard InChI is InChI=1S/C35H65N3O5/c1-10-11-12-13-14-15-16-17-18-19-20-29(39)38(25-30(40)42-27-21-32(2,3)36-33(4,5)22-27)26-31(41)43-28-23-34(6,7)37-35(8,9)24-28/h27-28,36-37H,10-26H2,1-9H3. The number of unbranched alkanes of at least 4 members (excludes halogenated alkanes) is 9. The van der Waals surface area contributed by atoms with Gasteiger partial charge in [-0.1, -0.05) is 64.7 Å². The van der Waals surface area contributed by atoms with E-state index in [-0.39, 0.29) is 53.4 Å². The highest BCUT2D eigenvalue weighted by Gasteiger charge is 2.41. The summed E-state index contributed by atoms with van der Waals surface area (Å²) >= 11 is 0. The summed E-state index contributed by atoms with van der Waals surface area (Å²) in [7, 11) is 0. The van der Waals surface area contributed by atoms with Gasteiger partial charge in [0, 0.05) is 54.3 Å². The van der Waals surface area contributed by atoms with Gasteiger partial charge in [-0.2, -0.15) is 0 Å². The summed E-state index contributed by atoms with van der Waals surface area (Å²) in [6.07, 6.45) is 14.4. The van der Waals surface area contributed by atoms with E-state index in [1.54, 1.807) is 0 Å². The monoisotopic (exact) mass is 607 g/mol. The topological polar surface area (TPSA) is 97.0 Å². The fourth-order valence-corrected chi connectivity index (χ4v) is 7.54. The molecule has 8 nitrogen and oxygen atoms in total. The van der Waals surface area contributed by atoms with Gasteiger partial charge in [-0.3, -0.25) is 14.4 Å². The quantitative estimate of drug-likeness (QED) is 0.138. The second-order valence-electron chi connectivity index (χ2n) is 16.0. The van der Waals surface area contributed by atoms with E-state index < -0.39 is 11.9 Å². The van der Waals surface area contributed by atoms with Crippen molar-refractivity contribution in [2.45, 2.75) is 193 Å². The number of carbonyl (C=O) groups excluding carboxylic acids is 3. The fourth-order valence-electron chi connectivity index (χ4n) is 7.54. The van der Waals surface area contributed by atoms with Gasteiger partial charge in [0.2, 0.25) is 5.91 Å². The van der Waals surface area contributed by atoms with Crippen molar-refractivity contribution in [2.75, 3.05) is 13.1 Å². The molecule has 0 atom stereocenters. The number of carbonyl (C=O) groups is 3. The van der Waals surface area contributed by atoms with Crippen molar-refractivity contribution in [3.05, 3.63) is 0 Å². The Morgan fingerprint density at radius 1 is 0.581 bits per heavy atom. The van der Waals surface area contributed by atoms with Gasteiger partial charge in [-0.15, -0.1) is 0 Å². The number of amides is 1. The molecule has 0 bridgehead atoms. The fraction of sp³-hybridized carbons (Fsp3) is 0.914. The van der Waals surface area contributed by atoms with Crippen LogP contribution in [0.4, 0.5) is 0 Å². The van der Waals surface area contributed by atoms with Gasteiger partial charge in [-0.25, -0.2) is 0 Å². The maximum absolute atomic E-state index is 13.3. The predicted octanol–water partition coefficient (Wildman–Crippen LogP) is 6.83. The van der Waals surface area contributed by atoms with E-state index >= 15 is 0 Å². The molecule has 1 amide bonds. The number of rotatable bonds is 17. The normalized spacial score (nSPS) is 21.2. The molecular formula is C35H65N3O5. The van der Waals surface area contributed by atoms with Crippen LogP contribution in [0.25, 0.3) is 0 Å². The Bertz CT molecular complexity index is 812. The molecule has 8 heteroatoms. The highest BCUT2D eigenvalue weighted by atomic mass is 16.6. The summed E-state index contributed by atoms with van der Waals surface area (Å²) in [5.41, 5.74) is -0.675. The minimum atomic E-state index is -0.466. The summed E-state index contributed by atoms with van der Waals surface area (Å²) in [5, 5.41) is 7.20. The van der Waals surface area contributed by atoms with E-state index in [0.717, 1.165) is 19.3 Å². The minimum Gasteiger partial charge on any atom is -0.461 e. The summed E-state index contributed by atoms with van der Waals surface area (Å²) in [6, 6.07) is 0. The van der Waals surface area contributed by atoms with Crippen molar-refractivity contribution < 1.29 is 23.9 Å². The lowest BCUT2D eigenvalue weighted by Gasteiger charge is -2.46. The lowest BCUT2D eigenvalue weighted by molar-refractivity contribution is -0.162. The van der Waals surface area contributed by atoms with Gasteiger partial charge in [0.15, 0.2) is 0 Å². The number of piperidine rings is 2. The molecule has 2 aliphatic rings. The van der Waals surface area contributed by atoms with Crippen LogP contribution in [-0.2, 0) is 23.9 Å². The lowest BCUT2D eigenvalue weighted by Crippen LogP contribution is -2.60. The summed E-state index contributed by atoms with van der Waals surface area (Å²) < 4.78 is 11.8. The van der Waals surface area contributed by atoms with Crippen LogP contribution in [0, 0.1) is 0 Å². The average Bonchev–Trinajstić information content (AvgIpc) is 2.80. The van der Waals surface area contributed by atoms with Crippen LogP contribution in [0.3, 0.4) is 0 Å². The van der Waals surface area contributed by atoms with Gasteiger partial charge < -0.3 is 25.0 Å². The van der Waals surface area contributed by atoms with Crippen LogP contribution < -0.4 is 10.6 Å². The van der Waals surface area contributed by atoms with Crippen molar-refractivity contribution in [1.82, 2.24) is 15.5 Å². The maximum atomic E-state index is 13.3. The Balaban J connectivity index is 1.94. The van der Waals surface area contributed by atoms with E-state index in [2.05, 4.69) is 72.9 Å². The highest BCUT2D eigenvalue weighted by molar-refractivity contribution is 5.86. The van der Waals surface area contributed by atoms with Crippen LogP contribution in [0.1, 0.15) is 159 Å². The zero-order valence-corrected chi connectivity index (χ0v) is 29.2. The number of hydrogen-bond donors (Lipinski definition) is 2. The van der Waals surface area contributed by atoms with Crippen molar-refractivity contribution in [2.24, 2.45) is 0 Å². The lowest BCUT2D eigenvalue weighted by atomic mass is 9.81. The van der Waals surface area contributed by atoms with Gasteiger partial charge in [0.1, 0.15) is 25.3 Å². The van der Waals surface area contributed by atoms with Crippen LogP contribution in [0.15, 0.2) is 0 Å². The first-order chi connectivity index (χ1) is 19.9. The molecule has 2 N–H and O–H groups in total. The van der Waals surface area contributed by atoms with Crippen molar-refractivity contribution in [3.8, 4) is 0 Å². The van der Waals surface area contributed by atoms with Crippen molar-refractivity contribution >= 4 is 17.8 Å². The first-order valence-electron chi connectivity index (χ1n) is 17.2. The molecule has 43 heavy (non-hydrogen) atoms. The van der Waals surface area contributed by atoms with Crippen LogP contribution in [-0.4, -0.2) is 70.2 Å². The minimum absolute atomic E-state index is 0.169. The Morgan fingerprint density at radius 2 is 0.907 bits per heavy atom. The van der Waals surface area contributed by atoms with E-state index in [1.165, 1.54) is 49.8 Å². The smallest absolute Gasteiger partial charge is 0.325 e. The van der Waals surface area contributed by atoms with Gasteiger partial charge >= 0.3 is 11.9 Å². The number of esters is 2. The Kier molecular flexibility index (Phi) is 14.5. The molecule has 0 aromatic carbocycles. The second kappa shape index (κ2) is 16.6. The van der Waals surface area contributed by atoms with E-state index in [0.29, 0.717) is 32.1 Å². The van der Waals surface area contributed by atoms with E-state index in [9.17, 15) is 14.4 Å². The molecule has 250 valence electrons. The van der Waals surface area contributed by atoms with Crippen LogP contribution in [0.5, 0.6) is 0 Å². The molecule has 0 spiro atoms. The summed E-state index contributed by atoms with van der Waals surface area (Å²) in [4.78, 5) is 41.0. The zero-order chi connectivity index (χ0) is 32.3. The largest absolute Gasteiger partial charge is 0.461 e.